The molecule has 1 aromatic heterocycles. The van der Waals surface area contributed by atoms with Crippen molar-refractivity contribution in [1.29, 1.82) is 0 Å². The van der Waals surface area contributed by atoms with E-state index in [1.807, 2.05) is 31.2 Å². The van der Waals surface area contributed by atoms with Crippen molar-refractivity contribution in [3.05, 3.63) is 146 Å². The van der Waals surface area contributed by atoms with Crippen LogP contribution in [0.3, 0.4) is 0 Å². The molecule has 0 bridgehead atoms. The summed E-state index contributed by atoms with van der Waals surface area (Å²) in [7, 11) is 0. The Morgan fingerprint density at radius 1 is 1.02 bits per heavy atom. The van der Waals surface area contributed by atoms with Crippen LogP contribution in [0.15, 0.2) is 107 Å². The summed E-state index contributed by atoms with van der Waals surface area (Å²) in [5.74, 6) is -1.91. The predicted octanol–water partition coefficient (Wildman–Crippen LogP) is 7.39. The highest BCUT2D eigenvalue weighted by Crippen LogP contribution is 2.44. The second-order valence-electron chi connectivity index (χ2n) is 10.6. The van der Waals surface area contributed by atoms with Gasteiger partial charge in [-0.1, -0.05) is 71.1 Å². The van der Waals surface area contributed by atoms with Gasteiger partial charge in [0.2, 0.25) is 5.13 Å². The molecule has 0 aliphatic carbocycles. The first-order chi connectivity index (χ1) is 22.7. The number of anilines is 1. The van der Waals surface area contributed by atoms with E-state index >= 15 is 0 Å². The minimum Gasteiger partial charge on any atom is -0.507 e. The number of nitrogens with zero attached hydrogens (tertiary/aromatic N) is 4. The molecule has 0 radical (unpaired) electrons. The molecule has 0 saturated carbocycles. The second kappa shape index (κ2) is 13.5. The second-order valence-corrected chi connectivity index (χ2v) is 12.7. The monoisotopic (exact) mass is 668 g/mol. The molecule has 1 amide bonds. The molecule has 1 aliphatic heterocycles. The number of aliphatic hydroxyl groups is 1. The Balaban J connectivity index is 1.32. The van der Waals surface area contributed by atoms with E-state index in [1.54, 1.807) is 42.5 Å². The van der Waals surface area contributed by atoms with Gasteiger partial charge in [0.15, 0.2) is 4.34 Å². The van der Waals surface area contributed by atoms with Gasteiger partial charge >= 0.3 is 5.91 Å². The summed E-state index contributed by atoms with van der Waals surface area (Å²) in [5, 5.41) is 31.2. The number of hydrogen-bond acceptors (Lipinski definition) is 10. The van der Waals surface area contributed by atoms with Gasteiger partial charge in [0, 0.05) is 23.4 Å². The van der Waals surface area contributed by atoms with Crippen LogP contribution in [0.25, 0.3) is 5.76 Å². The normalized spacial score (nSPS) is 15.6. The average molecular weight is 669 g/mol. The lowest BCUT2D eigenvalue weighted by atomic mass is 9.95. The van der Waals surface area contributed by atoms with Crippen molar-refractivity contribution >= 4 is 51.4 Å². The standard InChI is InChI=1S/C34H25FN4O6S2/c1-20-5-4-6-21(17-20)18-45-26-15-11-23(12-16-26)30(40)28-29(22-9-13-25(14-10-22)39(43)44)38(32(42)31(28)41)33-36-37-34(47-33)46-19-24-7-2-3-8-27(24)35/h2-17,29,40H,18-19H2,1H3. The van der Waals surface area contributed by atoms with Gasteiger partial charge in [0.05, 0.1) is 16.5 Å². The molecule has 13 heteroatoms. The number of amides is 1. The van der Waals surface area contributed by atoms with Crippen molar-refractivity contribution in [3.63, 3.8) is 0 Å². The zero-order chi connectivity index (χ0) is 33.1. The SMILES string of the molecule is Cc1cccc(COc2ccc(C(O)=C3C(=O)C(=O)N(c4nnc(SCc5ccccc5F)s4)C3c3ccc([N+](=O)[O-])cc3)cc2)c1. The maximum atomic E-state index is 14.1. The third-order valence-electron chi connectivity index (χ3n) is 7.39. The number of hydrogen-bond donors (Lipinski definition) is 1. The molecule has 1 atom stereocenters. The number of ketones is 1. The number of nitro groups is 1. The Bertz CT molecular complexity index is 2010. The summed E-state index contributed by atoms with van der Waals surface area (Å²) in [6, 6.07) is 24.9. The number of benzene rings is 4. The average Bonchev–Trinajstić information content (AvgIpc) is 3.65. The molecule has 2 heterocycles. The van der Waals surface area contributed by atoms with Crippen LogP contribution in [0.2, 0.25) is 0 Å². The van der Waals surface area contributed by atoms with Crippen molar-refractivity contribution < 1.29 is 28.7 Å². The molecule has 6 rings (SSSR count). The van der Waals surface area contributed by atoms with Crippen LogP contribution >= 0.6 is 23.1 Å². The number of non-ortho nitro benzene ring substituents is 1. The fraction of sp³-hybridized carbons (Fsp3) is 0.118. The Kier molecular flexibility index (Phi) is 9.09. The minimum absolute atomic E-state index is 0.0745. The summed E-state index contributed by atoms with van der Waals surface area (Å²) in [5.41, 5.74) is 2.76. The summed E-state index contributed by atoms with van der Waals surface area (Å²) < 4.78 is 20.4. The van der Waals surface area contributed by atoms with Gasteiger partial charge in [-0.05, 0) is 66.1 Å². The van der Waals surface area contributed by atoms with Gasteiger partial charge in [-0.2, -0.15) is 0 Å². The van der Waals surface area contributed by atoms with Crippen molar-refractivity contribution in [2.24, 2.45) is 0 Å². The first kappa shape index (κ1) is 31.6. The number of rotatable bonds is 10. The molecule has 47 heavy (non-hydrogen) atoms. The van der Waals surface area contributed by atoms with Crippen molar-refractivity contribution in [1.82, 2.24) is 10.2 Å². The van der Waals surface area contributed by atoms with Gasteiger partial charge in [-0.15, -0.1) is 10.2 Å². The molecular formula is C34H25FN4O6S2. The van der Waals surface area contributed by atoms with E-state index in [0.717, 1.165) is 27.4 Å². The lowest BCUT2D eigenvalue weighted by Crippen LogP contribution is -2.29. The van der Waals surface area contributed by atoms with Crippen LogP contribution in [0.4, 0.5) is 15.2 Å². The molecule has 236 valence electrons. The molecule has 4 aromatic carbocycles. The highest BCUT2D eigenvalue weighted by molar-refractivity contribution is 8.00. The zero-order valence-corrected chi connectivity index (χ0v) is 26.3. The number of thioether (sulfide) groups is 1. The third-order valence-corrected chi connectivity index (χ3v) is 9.50. The van der Waals surface area contributed by atoms with Crippen LogP contribution in [-0.2, 0) is 21.9 Å². The highest BCUT2D eigenvalue weighted by Gasteiger charge is 2.48. The first-order valence-corrected chi connectivity index (χ1v) is 16.0. The van der Waals surface area contributed by atoms with E-state index in [4.69, 9.17) is 4.74 Å². The van der Waals surface area contributed by atoms with E-state index in [-0.39, 0.29) is 33.5 Å². The zero-order valence-electron chi connectivity index (χ0n) is 24.7. The molecule has 5 aromatic rings. The van der Waals surface area contributed by atoms with Gasteiger partial charge in [-0.3, -0.25) is 24.6 Å². The Morgan fingerprint density at radius 2 is 1.77 bits per heavy atom. The van der Waals surface area contributed by atoms with Crippen molar-refractivity contribution in [2.45, 2.75) is 29.7 Å². The largest absolute Gasteiger partial charge is 0.507 e. The molecule has 1 saturated heterocycles. The molecule has 1 aliphatic rings. The third kappa shape index (κ3) is 6.76. The molecule has 0 spiro atoms. The number of aromatic nitrogens is 2. The number of nitro benzene ring substituents is 1. The summed E-state index contributed by atoms with van der Waals surface area (Å²) in [4.78, 5) is 39.0. The summed E-state index contributed by atoms with van der Waals surface area (Å²) in [6.45, 7) is 2.33. The fourth-order valence-corrected chi connectivity index (χ4v) is 6.92. The maximum absolute atomic E-state index is 14.1. The maximum Gasteiger partial charge on any atom is 0.301 e. The molecular weight excluding hydrogens is 644 g/mol. The van der Waals surface area contributed by atoms with Crippen LogP contribution in [0, 0.1) is 22.9 Å². The Labute approximate surface area is 276 Å². The van der Waals surface area contributed by atoms with Crippen LogP contribution < -0.4 is 9.64 Å². The quantitative estimate of drug-likeness (QED) is 0.0307. The van der Waals surface area contributed by atoms with E-state index in [2.05, 4.69) is 10.2 Å². The van der Waals surface area contributed by atoms with Crippen LogP contribution in [0.5, 0.6) is 5.75 Å². The molecule has 1 N–H and O–H groups in total. The number of halogens is 1. The number of Topliss-reactive ketones (excluding diaryl/α,β-unsaturated/α-hetero) is 1. The number of carbonyl (C=O) groups excluding carboxylic acids is 2. The first-order valence-electron chi connectivity index (χ1n) is 14.2. The lowest BCUT2D eigenvalue weighted by Gasteiger charge is -2.22. The highest BCUT2D eigenvalue weighted by atomic mass is 32.2. The van der Waals surface area contributed by atoms with Gasteiger partial charge in [-0.25, -0.2) is 4.39 Å². The summed E-state index contributed by atoms with van der Waals surface area (Å²) >= 11 is 2.24. The van der Waals surface area contributed by atoms with Gasteiger partial charge in [0.25, 0.3) is 11.5 Å². The van der Waals surface area contributed by atoms with Gasteiger partial charge in [0.1, 0.15) is 23.9 Å². The van der Waals surface area contributed by atoms with E-state index in [1.165, 1.54) is 42.1 Å². The number of aryl methyl sites for hydroxylation is 1. The van der Waals surface area contributed by atoms with Crippen LogP contribution in [-0.4, -0.2) is 31.9 Å². The predicted molar refractivity (Wildman–Crippen MR) is 176 cm³/mol. The molecule has 1 unspecified atom stereocenters. The topological polar surface area (TPSA) is 136 Å². The van der Waals surface area contributed by atoms with Gasteiger partial charge < -0.3 is 9.84 Å². The van der Waals surface area contributed by atoms with E-state index in [0.29, 0.717) is 27.8 Å². The molecule has 10 nitrogen and oxygen atoms in total. The number of ether oxygens (including phenoxy) is 1. The lowest BCUT2D eigenvalue weighted by molar-refractivity contribution is -0.384. The fourth-order valence-electron chi connectivity index (χ4n) is 5.07. The van der Waals surface area contributed by atoms with E-state index < -0.39 is 28.4 Å². The smallest absolute Gasteiger partial charge is 0.301 e. The Morgan fingerprint density at radius 3 is 2.47 bits per heavy atom. The molecule has 1 fully saturated rings. The minimum atomic E-state index is -1.16. The van der Waals surface area contributed by atoms with Crippen molar-refractivity contribution in [3.8, 4) is 5.75 Å². The Hall–Kier alpha value is -5.40. The van der Waals surface area contributed by atoms with E-state index in [9.17, 15) is 29.2 Å². The van der Waals surface area contributed by atoms with Crippen molar-refractivity contribution in [2.75, 3.05) is 4.90 Å². The van der Waals surface area contributed by atoms with Crippen LogP contribution in [0.1, 0.15) is 33.9 Å². The number of aliphatic hydroxyl groups excluding tert-OH is 1. The summed E-state index contributed by atoms with van der Waals surface area (Å²) in [6.07, 6.45) is 0. The number of carbonyl (C=O) groups is 2.